The van der Waals surface area contributed by atoms with Gasteiger partial charge in [0.05, 0.1) is 0 Å². The van der Waals surface area contributed by atoms with Crippen molar-refractivity contribution in [3.05, 3.63) is 59.7 Å². The Morgan fingerprint density at radius 3 is 2.04 bits per heavy atom. The van der Waals surface area contributed by atoms with Gasteiger partial charge < -0.3 is 15.3 Å². The zero-order chi connectivity index (χ0) is 20.6. The maximum absolute atomic E-state index is 10.9. The minimum atomic E-state index is -0.788. The Balaban J connectivity index is 1.99. The second-order valence-corrected chi connectivity index (χ2v) is 7.05. The third-order valence-corrected chi connectivity index (χ3v) is 4.64. The van der Waals surface area contributed by atoms with Gasteiger partial charge in [0.15, 0.2) is 0 Å². The number of carboxylic acid groups (broad SMARTS) is 1. The minimum absolute atomic E-state index is 0.0850. The van der Waals surface area contributed by atoms with E-state index in [1.54, 1.807) is 25.1 Å². The van der Waals surface area contributed by atoms with Crippen LogP contribution >= 0.6 is 0 Å². The van der Waals surface area contributed by atoms with Crippen LogP contribution < -0.4 is 0 Å². The van der Waals surface area contributed by atoms with Gasteiger partial charge in [-0.2, -0.15) is 0 Å². The number of phenols is 2. The highest BCUT2D eigenvalue weighted by Crippen LogP contribution is 2.20. The number of unbranched alkanes of at least 4 members (excludes halogenated alkanes) is 7. The first-order valence-corrected chi connectivity index (χ1v) is 10.2. The number of aliphatic carboxylic acids is 1. The molecule has 0 aliphatic carbocycles. The normalized spacial score (nSPS) is 12.2. The van der Waals surface area contributed by atoms with E-state index < -0.39 is 5.97 Å². The molecule has 0 radical (unpaired) electrons. The van der Waals surface area contributed by atoms with Crippen LogP contribution in [0.3, 0.4) is 0 Å². The van der Waals surface area contributed by atoms with Gasteiger partial charge in [0.25, 0.3) is 0 Å². The zero-order valence-corrected chi connectivity index (χ0v) is 16.9. The fraction of sp³-hybridized carbons (Fsp3) is 0.458. The lowest BCUT2D eigenvalue weighted by Gasteiger charge is -2.02. The third kappa shape index (κ3) is 11.3. The summed E-state index contributed by atoms with van der Waals surface area (Å²) < 4.78 is 0. The van der Waals surface area contributed by atoms with Gasteiger partial charge in [0.2, 0.25) is 0 Å². The van der Waals surface area contributed by atoms with Crippen molar-refractivity contribution in [2.75, 3.05) is 0 Å². The van der Waals surface area contributed by atoms with E-state index in [2.05, 4.69) is 6.08 Å². The number of hydrogen-bond donors (Lipinski definition) is 3. The van der Waals surface area contributed by atoms with Gasteiger partial charge in [-0.05, 0) is 56.7 Å². The van der Waals surface area contributed by atoms with Gasteiger partial charge in [0.1, 0.15) is 11.5 Å². The molecule has 3 N–H and O–H groups in total. The second-order valence-electron chi connectivity index (χ2n) is 7.05. The molecule has 0 fully saturated rings. The Hall–Kier alpha value is -2.49. The molecule has 0 saturated carbocycles. The van der Waals surface area contributed by atoms with E-state index in [1.807, 2.05) is 18.2 Å². The van der Waals surface area contributed by atoms with Gasteiger partial charge in [0, 0.05) is 11.6 Å². The summed E-state index contributed by atoms with van der Waals surface area (Å²) in [5.41, 5.74) is 1.41. The van der Waals surface area contributed by atoms with Crippen LogP contribution in [0.5, 0.6) is 11.5 Å². The van der Waals surface area contributed by atoms with Crippen molar-refractivity contribution in [1.29, 1.82) is 0 Å². The van der Waals surface area contributed by atoms with Crippen molar-refractivity contribution in [2.45, 2.75) is 71.1 Å². The predicted molar refractivity (Wildman–Crippen MR) is 115 cm³/mol. The molecule has 0 aliphatic rings. The van der Waals surface area contributed by atoms with E-state index >= 15 is 0 Å². The number of benzene rings is 1. The van der Waals surface area contributed by atoms with Crippen molar-refractivity contribution < 1.29 is 20.1 Å². The summed E-state index contributed by atoms with van der Waals surface area (Å²) in [6.45, 7) is 1.79. The maximum Gasteiger partial charge on any atom is 0.331 e. The molecule has 0 bridgehead atoms. The maximum atomic E-state index is 10.9. The van der Waals surface area contributed by atoms with Crippen molar-refractivity contribution in [1.82, 2.24) is 0 Å². The second kappa shape index (κ2) is 14.6. The third-order valence-electron chi connectivity index (χ3n) is 4.64. The Morgan fingerprint density at radius 1 is 0.857 bits per heavy atom. The molecule has 0 spiro atoms. The number of aromatic hydroxyl groups is 2. The lowest BCUT2D eigenvalue weighted by atomic mass is 10.0. The molecule has 0 aliphatic heterocycles. The quantitative estimate of drug-likeness (QED) is 0.199. The summed E-state index contributed by atoms with van der Waals surface area (Å²) >= 11 is 0. The molecule has 0 amide bonds. The SMILES string of the molecule is CC=C(CCCCCCCCCC=CC=CCc1cc(O)cc(O)c1)C(=O)O. The number of allylic oxidation sites excluding steroid dienone is 5. The van der Waals surface area contributed by atoms with Crippen LogP contribution in [0.1, 0.15) is 70.3 Å². The summed E-state index contributed by atoms with van der Waals surface area (Å²) in [5.74, 6) is -0.618. The molecule has 0 unspecified atom stereocenters. The van der Waals surface area contributed by atoms with Gasteiger partial charge in [-0.3, -0.25) is 0 Å². The number of carbonyl (C=O) groups is 1. The van der Waals surface area contributed by atoms with Crippen molar-refractivity contribution in [3.63, 3.8) is 0 Å². The van der Waals surface area contributed by atoms with Gasteiger partial charge in [-0.25, -0.2) is 4.79 Å². The van der Waals surface area contributed by atoms with E-state index in [0.717, 1.165) is 24.8 Å². The van der Waals surface area contributed by atoms with Crippen LogP contribution in [0.2, 0.25) is 0 Å². The summed E-state index contributed by atoms with van der Waals surface area (Å²) in [5, 5.41) is 27.8. The first-order valence-electron chi connectivity index (χ1n) is 10.2. The summed E-state index contributed by atoms with van der Waals surface area (Å²) in [6, 6.07) is 4.63. The lowest BCUT2D eigenvalue weighted by molar-refractivity contribution is -0.132. The van der Waals surface area contributed by atoms with E-state index in [4.69, 9.17) is 5.11 Å². The van der Waals surface area contributed by atoms with Crippen LogP contribution in [0.4, 0.5) is 0 Å². The number of rotatable bonds is 14. The van der Waals surface area contributed by atoms with E-state index in [1.165, 1.54) is 38.2 Å². The van der Waals surface area contributed by atoms with Crippen molar-refractivity contribution in [2.24, 2.45) is 0 Å². The lowest BCUT2D eigenvalue weighted by Crippen LogP contribution is -1.99. The van der Waals surface area contributed by atoms with Crippen molar-refractivity contribution >= 4 is 5.97 Å². The molecule has 0 saturated heterocycles. The summed E-state index contributed by atoms with van der Waals surface area (Å²) in [7, 11) is 0. The zero-order valence-electron chi connectivity index (χ0n) is 16.9. The standard InChI is InChI=1S/C24H34O4/c1-2-21(24(27)28)16-14-12-10-8-6-4-3-5-7-9-11-13-15-20-17-22(25)19-23(26)18-20/h2,7,9,11,13,17-19,25-26H,3-6,8,10,12,14-16H2,1H3,(H,27,28). The van der Waals surface area contributed by atoms with Crippen LogP contribution in [0.25, 0.3) is 0 Å². The Morgan fingerprint density at radius 2 is 1.43 bits per heavy atom. The van der Waals surface area contributed by atoms with Gasteiger partial charge >= 0.3 is 5.97 Å². The Kier molecular flexibility index (Phi) is 12.2. The molecule has 1 aromatic carbocycles. The smallest absolute Gasteiger partial charge is 0.331 e. The molecule has 154 valence electrons. The minimum Gasteiger partial charge on any atom is -0.508 e. The Labute approximate surface area is 168 Å². The van der Waals surface area contributed by atoms with Gasteiger partial charge in [-0.1, -0.05) is 62.5 Å². The Bertz CT molecular complexity index is 651. The highest BCUT2D eigenvalue weighted by Gasteiger charge is 2.04. The topological polar surface area (TPSA) is 77.8 Å². The monoisotopic (exact) mass is 386 g/mol. The summed E-state index contributed by atoms with van der Waals surface area (Å²) in [6.07, 6.45) is 20.5. The fourth-order valence-corrected chi connectivity index (χ4v) is 3.07. The molecule has 4 nitrogen and oxygen atoms in total. The van der Waals surface area contributed by atoms with Gasteiger partial charge in [-0.15, -0.1) is 0 Å². The molecule has 1 aromatic rings. The van der Waals surface area contributed by atoms with Crippen LogP contribution in [0.15, 0.2) is 54.2 Å². The van der Waals surface area contributed by atoms with E-state index in [-0.39, 0.29) is 11.5 Å². The largest absolute Gasteiger partial charge is 0.508 e. The van der Waals surface area contributed by atoms with Crippen LogP contribution in [0, 0.1) is 0 Å². The molecule has 4 heteroatoms. The molecule has 0 heterocycles. The number of carboxylic acids is 1. The average molecular weight is 387 g/mol. The molecule has 0 atom stereocenters. The predicted octanol–water partition coefficient (Wildman–Crippen LogP) is 6.29. The van der Waals surface area contributed by atoms with Crippen LogP contribution in [-0.2, 0) is 11.2 Å². The molecule has 1 rings (SSSR count). The number of hydrogen-bond acceptors (Lipinski definition) is 3. The average Bonchev–Trinajstić information content (AvgIpc) is 2.64. The molecular formula is C24H34O4. The van der Waals surface area contributed by atoms with Crippen molar-refractivity contribution in [3.8, 4) is 11.5 Å². The highest BCUT2D eigenvalue weighted by atomic mass is 16.4. The van der Waals surface area contributed by atoms with E-state index in [0.29, 0.717) is 18.4 Å². The molecule has 28 heavy (non-hydrogen) atoms. The van der Waals surface area contributed by atoms with E-state index in [9.17, 15) is 15.0 Å². The first-order chi connectivity index (χ1) is 13.5. The fourth-order valence-electron chi connectivity index (χ4n) is 3.07. The summed E-state index contributed by atoms with van der Waals surface area (Å²) in [4.78, 5) is 10.9. The molecular weight excluding hydrogens is 352 g/mol. The molecule has 0 aromatic heterocycles. The number of phenolic OH excluding ortho intramolecular Hbond substituents is 2. The van der Waals surface area contributed by atoms with Crippen LogP contribution in [-0.4, -0.2) is 21.3 Å². The highest BCUT2D eigenvalue weighted by molar-refractivity contribution is 5.86. The first kappa shape index (κ1) is 23.5.